The van der Waals surface area contributed by atoms with E-state index in [1.807, 2.05) is 17.5 Å². The highest BCUT2D eigenvalue weighted by Crippen LogP contribution is 2.25. The van der Waals surface area contributed by atoms with Gasteiger partial charge in [0.15, 0.2) is 0 Å². The second-order valence-corrected chi connectivity index (χ2v) is 7.39. The first-order valence-electron chi connectivity index (χ1n) is 7.34. The SMILES string of the molecule is CC(C)[C@H](NC(=O)CNC(=O)c1ccc(Br)cc1)c1cccs1. The van der Waals surface area contributed by atoms with Gasteiger partial charge in [-0.05, 0) is 41.6 Å². The van der Waals surface area contributed by atoms with Crippen LogP contribution in [0.2, 0.25) is 0 Å². The second kappa shape index (κ2) is 8.26. The number of halogens is 1. The first-order chi connectivity index (χ1) is 11.0. The molecule has 1 aromatic heterocycles. The molecule has 0 unspecified atom stereocenters. The highest BCUT2D eigenvalue weighted by atomic mass is 79.9. The fourth-order valence-electron chi connectivity index (χ4n) is 2.12. The molecule has 0 aliphatic rings. The molecule has 4 nitrogen and oxygen atoms in total. The Hall–Kier alpha value is -1.66. The molecule has 0 bridgehead atoms. The Morgan fingerprint density at radius 1 is 1.17 bits per heavy atom. The molecule has 2 N–H and O–H groups in total. The molecule has 1 atom stereocenters. The lowest BCUT2D eigenvalue weighted by Gasteiger charge is -2.21. The third-order valence-electron chi connectivity index (χ3n) is 3.35. The van der Waals surface area contributed by atoms with E-state index in [0.29, 0.717) is 5.56 Å². The minimum Gasteiger partial charge on any atom is -0.347 e. The molecule has 1 aromatic carbocycles. The van der Waals surface area contributed by atoms with Gasteiger partial charge in [0, 0.05) is 14.9 Å². The van der Waals surface area contributed by atoms with Crippen molar-refractivity contribution in [1.29, 1.82) is 0 Å². The predicted octanol–water partition coefficient (Wildman–Crippen LogP) is 3.75. The van der Waals surface area contributed by atoms with Crippen LogP contribution in [0, 0.1) is 5.92 Å². The van der Waals surface area contributed by atoms with Crippen molar-refractivity contribution in [2.45, 2.75) is 19.9 Å². The van der Waals surface area contributed by atoms with Crippen molar-refractivity contribution in [2.24, 2.45) is 5.92 Å². The number of rotatable bonds is 6. The number of benzene rings is 1. The Morgan fingerprint density at radius 3 is 2.43 bits per heavy atom. The molecule has 2 rings (SSSR count). The summed E-state index contributed by atoms with van der Waals surface area (Å²) in [5.41, 5.74) is 0.527. The molecule has 2 amide bonds. The molecule has 0 aliphatic carbocycles. The first-order valence-corrected chi connectivity index (χ1v) is 9.01. The molecule has 2 aromatic rings. The van der Waals surface area contributed by atoms with Crippen LogP contribution in [0.4, 0.5) is 0 Å². The minimum atomic E-state index is -0.259. The monoisotopic (exact) mass is 394 g/mol. The van der Waals surface area contributed by atoms with Crippen molar-refractivity contribution in [3.05, 3.63) is 56.7 Å². The number of nitrogens with one attached hydrogen (secondary N) is 2. The van der Waals surface area contributed by atoms with Gasteiger partial charge in [-0.1, -0.05) is 35.8 Å². The van der Waals surface area contributed by atoms with E-state index in [1.54, 1.807) is 35.6 Å². The lowest BCUT2D eigenvalue weighted by Crippen LogP contribution is -2.39. The van der Waals surface area contributed by atoms with E-state index in [-0.39, 0.29) is 30.3 Å². The number of carbonyl (C=O) groups excluding carboxylic acids is 2. The summed E-state index contributed by atoms with van der Waals surface area (Å²) in [5.74, 6) is -0.174. The van der Waals surface area contributed by atoms with Gasteiger partial charge in [-0.2, -0.15) is 0 Å². The van der Waals surface area contributed by atoms with Crippen LogP contribution < -0.4 is 10.6 Å². The van der Waals surface area contributed by atoms with Crippen molar-refractivity contribution >= 4 is 39.1 Å². The van der Waals surface area contributed by atoms with Crippen LogP contribution in [0.15, 0.2) is 46.3 Å². The number of amides is 2. The van der Waals surface area contributed by atoms with E-state index < -0.39 is 0 Å². The maximum absolute atomic E-state index is 12.1. The van der Waals surface area contributed by atoms with Gasteiger partial charge in [0.05, 0.1) is 12.6 Å². The highest BCUT2D eigenvalue weighted by molar-refractivity contribution is 9.10. The van der Waals surface area contributed by atoms with Crippen LogP contribution in [0.3, 0.4) is 0 Å². The van der Waals surface area contributed by atoms with Crippen LogP contribution in [-0.4, -0.2) is 18.4 Å². The Balaban J connectivity index is 1.89. The smallest absolute Gasteiger partial charge is 0.251 e. The Labute approximate surface area is 148 Å². The summed E-state index contributed by atoms with van der Waals surface area (Å²) in [4.78, 5) is 25.2. The summed E-state index contributed by atoms with van der Waals surface area (Å²) in [6.45, 7) is 4.08. The van der Waals surface area contributed by atoms with Gasteiger partial charge in [-0.25, -0.2) is 0 Å². The maximum atomic E-state index is 12.1. The average molecular weight is 395 g/mol. The molecule has 122 valence electrons. The van der Waals surface area contributed by atoms with E-state index >= 15 is 0 Å². The average Bonchev–Trinajstić information content (AvgIpc) is 3.04. The van der Waals surface area contributed by atoms with Crippen molar-refractivity contribution in [2.75, 3.05) is 6.54 Å². The molecular formula is C17H19BrN2O2S. The lowest BCUT2D eigenvalue weighted by molar-refractivity contribution is -0.121. The highest BCUT2D eigenvalue weighted by Gasteiger charge is 2.19. The largest absolute Gasteiger partial charge is 0.347 e. The zero-order valence-corrected chi connectivity index (χ0v) is 15.4. The summed E-state index contributed by atoms with van der Waals surface area (Å²) in [5, 5.41) is 7.62. The van der Waals surface area contributed by atoms with Gasteiger partial charge < -0.3 is 10.6 Å². The van der Waals surface area contributed by atoms with Gasteiger partial charge in [0.25, 0.3) is 5.91 Å². The second-order valence-electron chi connectivity index (χ2n) is 5.49. The summed E-state index contributed by atoms with van der Waals surface area (Å²) in [7, 11) is 0. The molecule has 0 aliphatic heterocycles. The van der Waals surface area contributed by atoms with Gasteiger partial charge >= 0.3 is 0 Å². The van der Waals surface area contributed by atoms with Gasteiger partial charge in [0.2, 0.25) is 5.91 Å². The maximum Gasteiger partial charge on any atom is 0.251 e. The topological polar surface area (TPSA) is 58.2 Å². The first kappa shape index (κ1) is 17.7. The van der Waals surface area contributed by atoms with E-state index in [2.05, 4.69) is 40.4 Å². The van der Waals surface area contributed by atoms with Crippen molar-refractivity contribution in [1.82, 2.24) is 10.6 Å². The van der Waals surface area contributed by atoms with Gasteiger partial charge in [-0.15, -0.1) is 11.3 Å². The van der Waals surface area contributed by atoms with Gasteiger partial charge in [0.1, 0.15) is 0 Å². The zero-order chi connectivity index (χ0) is 16.8. The zero-order valence-electron chi connectivity index (χ0n) is 13.0. The summed E-state index contributed by atoms with van der Waals surface area (Å²) in [6, 6.07) is 10.9. The molecule has 0 saturated carbocycles. The molecule has 0 radical (unpaired) electrons. The third kappa shape index (κ3) is 5.18. The molecule has 0 spiro atoms. The van der Waals surface area contributed by atoms with Crippen molar-refractivity contribution in [3.63, 3.8) is 0 Å². The Morgan fingerprint density at radius 2 is 1.87 bits per heavy atom. The van der Waals surface area contributed by atoms with Crippen LogP contribution in [0.1, 0.15) is 35.1 Å². The number of hydrogen-bond acceptors (Lipinski definition) is 3. The lowest BCUT2D eigenvalue weighted by atomic mass is 10.0. The van der Waals surface area contributed by atoms with Crippen LogP contribution in [0.5, 0.6) is 0 Å². The summed E-state index contributed by atoms with van der Waals surface area (Å²) >= 11 is 4.94. The molecule has 0 saturated heterocycles. The fourth-order valence-corrected chi connectivity index (χ4v) is 3.34. The van der Waals surface area contributed by atoms with E-state index in [1.165, 1.54) is 0 Å². The number of thiophene rings is 1. The van der Waals surface area contributed by atoms with Crippen molar-refractivity contribution < 1.29 is 9.59 Å². The van der Waals surface area contributed by atoms with E-state index in [4.69, 9.17) is 0 Å². The summed E-state index contributed by atoms with van der Waals surface area (Å²) < 4.78 is 0.905. The molecule has 0 fully saturated rings. The fraction of sp³-hybridized carbons (Fsp3) is 0.294. The predicted molar refractivity (Wildman–Crippen MR) is 96.5 cm³/mol. The van der Waals surface area contributed by atoms with Crippen LogP contribution in [0.25, 0.3) is 0 Å². The van der Waals surface area contributed by atoms with E-state index in [0.717, 1.165) is 9.35 Å². The van der Waals surface area contributed by atoms with Crippen LogP contribution in [-0.2, 0) is 4.79 Å². The van der Waals surface area contributed by atoms with Crippen molar-refractivity contribution in [3.8, 4) is 0 Å². The number of carbonyl (C=O) groups is 2. The van der Waals surface area contributed by atoms with E-state index in [9.17, 15) is 9.59 Å². The minimum absolute atomic E-state index is 0.0351. The number of hydrogen-bond donors (Lipinski definition) is 2. The summed E-state index contributed by atoms with van der Waals surface area (Å²) in [6.07, 6.45) is 0. The molecule has 23 heavy (non-hydrogen) atoms. The molecule has 6 heteroatoms. The standard InChI is InChI=1S/C17H19BrN2O2S/c1-11(2)16(14-4-3-9-23-14)20-15(21)10-19-17(22)12-5-7-13(18)8-6-12/h3-9,11,16H,10H2,1-2H3,(H,19,22)(H,20,21)/t16-/m0/s1. The normalized spacial score (nSPS) is 12.0. The van der Waals surface area contributed by atoms with Crippen LogP contribution >= 0.6 is 27.3 Å². The Bertz CT molecular complexity index is 654. The third-order valence-corrected chi connectivity index (χ3v) is 4.83. The molecule has 1 heterocycles. The van der Waals surface area contributed by atoms with Gasteiger partial charge in [-0.3, -0.25) is 9.59 Å². The quantitative estimate of drug-likeness (QED) is 0.783. The Kier molecular flexibility index (Phi) is 6.36. The molecular weight excluding hydrogens is 376 g/mol.